The molecule has 18 N–H and O–H groups in total. The Morgan fingerprint density at radius 1 is 0.661 bits per heavy atom. The molecular formula is C32H58N8O17S2. The van der Waals surface area contributed by atoms with Gasteiger partial charge in [0.1, 0.15) is 36.6 Å². The van der Waals surface area contributed by atoms with Gasteiger partial charge in [-0.15, -0.1) is 23.5 Å². The minimum Gasteiger partial charge on any atom is -0.478 e. The van der Waals surface area contributed by atoms with Gasteiger partial charge < -0.3 is 98.1 Å². The molecule has 0 bridgehead atoms. The second kappa shape index (κ2) is 24.8. The number of aliphatic hydroxyl groups excluding tert-OH is 6. The van der Waals surface area contributed by atoms with Crippen LogP contribution in [-0.2, 0) is 42.9 Å². The van der Waals surface area contributed by atoms with Crippen molar-refractivity contribution in [1.29, 1.82) is 0 Å². The van der Waals surface area contributed by atoms with Gasteiger partial charge in [-0.1, -0.05) is 0 Å². The molecule has 59 heavy (non-hydrogen) atoms. The SMILES string of the molecule is CC(=O)N[C@H]1[C@H]([C@@H](O)[C@@H](O)CO)O[C@@](SCCOCCOCCOCCS[C@]2(C(=O)O)C[C@H](N=C(N)N)[C@@H](NC(C)=O)[C@H]([C@@H](O)[C@@H](O)CO)O2)(C(=O)O)C[C@@H]1N=C(N)N. The van der Waals surface area contributed by atoms with E-state index in [0.717, 1.165) is 23.5 Å². The van der Waals surface area contributed by atoms with Gasteiger partial charge in [-0.3, -0.25) is 9.59 Å². The maximum Gasteiger partial charge on any atom is 0.346 e. The van der Waals surface area contributed by atoms with E-state index in [9.17, 15) is 60.0 Å². The van der Waals surface area contributed by atoms with Crippen molar-refractivity contribution in [3.05, 3.63) is 0 Å². The Hall–Kier alpha value is -3.32. The summed E-state index contributed by atoms with van der Waals surface area (Å²) < 4.78 is 28.3. The van der Waals surface area contributed by atoms with E-state index in [1.165, 1.54) is 13.8 Å². The third-order valence-corrected chi connectivity index (χ3v) is 11.4. The molecular weight excluding hydrogens is 833 g/mol. The van der Waals surface area contributed by atoms with Crippen molar-refractivity contribution in [3.8, 4) is 0 Å². The average molecular weight is 891 g/mol. The first kappa shape index (κ1) is 51.8. The molecule has 0 aromatic heterocycles. The molecule has 12 atom stereocenters. The number of ether oxygens (including phenoxy) is 5. The molecule has 2 aliphatic heterocycles. The Balaban J connectivity index is 1.89. The van der Waals surface area contributed by atoms with Crippen LogP contribution in [0.25, 0.3) is 0 Å². The number of nitrogens with zero attached hydrogens (tertiary/aromatic N) is 2. The number of thioether (sulfide) groups is 2. The third-order valence-electron chi connectivity index (χ3n) is 8.87. The summed E-state index contributed by atoms with van der Waals surface area (Å²) in [5.74, 6) is -4.79. The Morgan fingerprint density at radius 3 is 1.25 bits per heavy atom. The highest BCUT2D eigenvalue weighted by Gasteiger charge is 2.57. The van der Waals surface area contributed by atoms with E-state index >= 15 is 0 Å². The number of aliphatic carboxylic acids is 2. The fourth-order valence-electron chi connectivity index (χ4n) is 6.26. The summed E-state index contributed by atoms with van der Waals surface area (Å²) in [6.07, 6.45) is -11.0. The number of carboxylic acid groups (broad SMARTS) is 2. The molecule has 2 rings (SSSR count). The van der Waals surface area contributed by atoms with Crippen LogP contribution >= 0.6 is 23.5 Å². The lowest BCUT2D eigenvalue weighted by Gasteiger charge is -2.47. The van der Waals surface area contributed by atoms with Gasteiger partial charge in [0.05, 0.1) is 77.0 Å². The van der Waals surface area contributed by atoms with Gasteiger partial charge >= 0.3 is 11.9 Å². The van der Waals surface area contributed by atoms with Gasteiger partial charge in [-0.2, -0.15) is 0 Å². The van der Waals surface area contributed by atoms with Crippen molar-refractivity contribution in [1.82, 2.24) is 10.6 Å². The van der Waals surface area contributed by atoms with Crippen LogP contribution in [0.1, 0.15) is 26.7 Å². The van der Waals surface area contributed by atoms with Gasteiger partial charge in [0.2, 0.25) is 21.7 Å². The van der Waals surface area contributed by atoms with Crippen LogP contribution in [0.15, 0.2) is 9.98 Å². The van der Waals surface area contributed by atoms with E-state index in [4.69, 9.17) is 46.6 Å². The maximum atomic E-state index is 12.6. The predicted molar refractivity (Wildman–Crippen MR) is 210 cm³/mol. The van der Waals surface area contributed by atoms with Gasteiger partial charge in [0, 0.05) is 38.2 Å². The van der Waals surface area contributed by atoms with Crippen molar-refractivity contribution >= 4 is 59.2 Å². The first-order valence-electron chi connectivity index (χ1n) is 18.2. The van der Waals surface area contributed by atoms with Crippen molar-refractivity contribution < 1.29 is 83.7 Å². The molecule has 0 spiro atoms. The van der Waals surface area contributed by atoms with Crippen LogP contribution in [-0.4, -0.2) is 212 Å². The molecule has 0 aliphatic carbocycles. The quantitative estimate of drug-likeness (QED) is 0.0218. The third kappa shape index (κ3) is 15.6. The molecule has 0 aromatic rings. The fraction of sp³-hybridized carbons (Fsp3) is 0.812. The number of nitrogens with two attached hydrogens (primary N) is 4. The molecule has 0 aromatic carbocycles. The fourth-order valence-corrected chi connectivity index (χ4v) is 8.51. The Morgan fingerprint density at radius 2 is 0.983 bits per heavy atom. The maximum absolute atomic E-state index is 12.6. The minimum absolute atomic E-state index is 0.0224. The monoisotopic (exact) mass is 890 g/mol. The lowest BCUT2D eigenvalue weighted by Crippen LogP contribution is -2.66. The number of rotatable bonds is 26. The van der Waals surface area contributed by atoms with E-state index in [1.54, 1.807) is 0 Å². The summed E-state index contributed by atoms with van der Waals surface area (Å²) in [7, 11) is 0. The largest absolute Gasteiger partial charge is 0.478 e. The zero-order valence-electron chi connectivity index (χ0n) is 32.5. The van der Waals surface area contributed by atoms with E-state index < -0.39 is 120 Å². The van der Waals surface area contributed by atoms with Crippen molar-refractivity contribution in [3.63, 3.8) is 0 Å². The van der Waals surface area contributed by atoms with Gasteiger partial charge in [-0.05, 0) is 0 Å². The molecule has 2 fully saturated rings. The Kier molecular flexibility index (Phi) is 21.8. The summed E-state index contributed by atoms with van der Waals surface area (Å²) in [4.78, 5) is 53.1. The number of hydrogen-bond donors (Lipinski definition) is 14. The van der Waals surface area contributed by atoms with Gasteiger partial charge in [0.25, 0.3) is 0 Å². The minimum atomic E-state index is -2.06. The summed E-state index contributed by atoms with van der Waals surface area (Å²) in [6.45, 7) is 1.02. The summed E-state index contributed by atoms with van der Waals surface area (Å²) in [5.41, 5.74) is 22.3. The van der Waals surface area contributed by atoms with E-state index in [0.29, 0.717) is 0 Å². The van der Waals surface area contributed by atoms with Crippen LogP contribution in [0.4, 0.5) is 0 Å². The molecule has 2 aliphatic rings. The normalized spacial score (nSPS) is 28.9. The standard InChI is InChI=1S/C32H58N8O17S2/c1-15(43)37-21-17(39-29(33)34)11-31(27(49)50,56-25(21)23(47)19(45)13-41)58-9-7-54-5-3-53-4-6-55-8-10-59-32(28(51)52)12-18(40-30(35)36)22(38-16(2)44)26(57-32)24(48)20(46)14-42/h17-26,41-42,45-48H,3-14H2,1-2H3,(H,37,43)(H,38,44)(H,49,50)(H,51,52)(H4,33,34,39)(H4,35,36,40)/t17-,18-,19-,20-,21+,22+,23-,24-,25+,26+,31-,32-/m0/s1. The van der Waals surface area contributed by atoms with Gasteiger partial charge in [0.15, 0.2) is 11.9 Å². The van der Waals surface area contributed by atoms with Crippen LogP contribution in [0.2, 0.25) is 0 Å². The second-order valence-corrected chi connectivity index (χ2v) is 16.1. The number of nitrogens with one attached hydrogen (secondary N) is 2. The van der Waals surface area contributed by atoms with E-state index in [-0.39, 0.29) is 64.0 Å². The van der Waals surface area contributed by atoms with Crippen LogP contribution in [0.3, 0.4) is 0 Å². The van der Waals surface area contributed by atoms with E-state index in [2.05, 4.69) is 20.6 Å². The topological polar surface area (TPSA) is 429 Å². The molecule has 0 unspecified atom stereocenters. The first-order valence-corrected chi connectivity index (χ1v) is 20.2. The number of carbonyl (C=O) groups excluding carboxylic acids is 2. The Bertz CT molecular complexity index is 1330. The van der Waals surface area contributed by atoms with Crippen LogP contribution in [0.5, 0.6) is 0 Å². The highest BCUT2D eigenvalue weighted by Crippen LogP contribution is 2.43. The van der Waals surface area contributed by atoms with E-state index in [1.807, 2.05) is 0 Å². The summed E-state index contributed by atoms with van der Waals surface area (Å²) in [6, 6.07) is -4.55. The number of hydrogen-bond acceptors (Lipinski definition) is 19. The van der Waals surface area contributed by atoms with Crippen molar-refractivity contribution in [2.75, 3.05) is 64.4 Å². The van der Waals surface area contributed by atoms with Crippen molar-refractivity contribution in [2.45, 2.75) is 97.3 Å². The lowest BCUT2D eigenvalue weighted by molar-refractivity contribution is -0.191. The first-order chi connectivity index (χ1) is 27.7. The number of carboxylic acids is 2. The molecule has 0 radical (unpaired) electrons. The predicted octanol–water partition coefficient (Wildman–Crippen LogP) is -6.64. The smallest absolute Gasteiger partial charge is 0.346 e. The second-order valence-electron chi connectivity index (χ2n) is 13.4. The molecule has 2 amide bonds. The molecule has 2 heterocycles. The number of carbonyl (C=O) groups is 4. The Labute approximate surface area is 347 Å². The molecule has 2 saturated heterocycles. The number of aliphatic imine (C=N–C) groups is 2. The summed E-state index contributed by atoms with van der Waals surface area (Å²) >= 11 is 1.61. The molecule has 27 heteroatoms. The van der Waals surface area contributed by atoms with Gasteiger partial charge in [-0.25, -0.2) is 19.6 Å². The highest BCUT2D eigenvalue weighted by molar-refractivity contribution is 8.01. The number of aliphatic hydroxyl groups is 6. The molecule has 340 valence electrons. The lowest BCUT2D eigenvalue weighted by atomic mass is 9.88. The molecule has 0 saturated carbocycles. The zero-order valence-corrected chi connectivity index (χ0v) is 34.2. The van der Waals surface area contributed by atoms with Crippen molar-refractivity contribution in [2.24, 2.45) is 32.9 Å². The number of guanidine groups is 2. The molecule has 25 nitrogen and oxygen atoms in total. The highest BCUT2D eigenvalue weighted by atomic mass is 32.2. The number of amides is 2. The average Bonchev–Trinajstić information content (AvgIpc) is 3.16. The van der Waals surface area contributed by atoms with Crippen LogP contribution < -0.4 is 33.6 Å². The zero-order chi connectivity index (χ0) is 44.5. The van der Waals surface area contributed by atoms with Crippen LogP contribution in [0, 0.1) is 0 Å². The summed E-state index contributed by atoms with van der Waals surface area (Å²) in [5, 5.41) is 86.1.